The average molecular weight is 423 g/mol. The van der Waals surface area contributed by atoms with Gasteiger partial charge in [-0.05, 0) is 54.6 Å². The smallest absolute Gasteiger partial charge is 0.251 e. The first-order valence-corrected chi connectivity index (χ1v) is 8.42. The molecule has 6 heteroatoms. The van der Waals surface area contributed by atoms with Crippen LogP contribution >= 0.6 is 34.2 Å². The maximum Gasteiger partial charge on any atom is 0.251 e. The van der Waals surface area contributed by atoms with E-state index < -0.39 is 0 Å². The minimum atomic E-state index is -0.0908. The third-order valence-electron chi connectivity index (χ3n) is 3.73. The Kier molecular flexibility index (Phi) is 5.88. The molecule has 116 valence electrons. The highest BCUT2D eigenvalue weighted by Gasteiger charge is 2.28. The van der Waals surface area contributed by atoms with Crippen LogP contribution in [0.5, 0.6) is 0 Å². The van der Waals surface area contributed by atoms with E-state index >= 15 is 0 Å². The molecule has 1 aromatic carbocycles. The average Bonchev–Trinajstić information content (AvgIpc) is 2.48. The van der Waals surface area contributed by atoms with Gasteiger partial charge in [-0.25, -0.2) is 0 Å². The predicted octanol–water partition coefficient (Wildman–Crippen LogP) is 2.79. The molecule has 1 saturated heterocycles. The van der Waals surface area contributed by atoms with Crippen molar-refractivity contribution in [3.8, 4) is 0 Å². The van der Waals surface area contributed by atoms with E-state index in [1.807, 2.05) is 6.07 Å². The van der Waals surface area contributed by atoms with Crippen molar-refractivity contribution in [3.63, 3.8) is 0 Å². The van der Waals surface area contributed by atoms with E-state index in [1.165, 1.54) is 0 Å². The molecule has 0 saturated carbocycles. The number of halogens is 2. The fourth-order valence-corrected chi connectivity index (χ4v) is 2.83. The Hall–Kier alpha value is -0.370. The van der Waals surface area contributed by atoms with Gasteiger partial charge in [0, 0.05) is 34.3 Å². The fourth-order valence-electron chi connectivity index (χ4n) is 2.32. The molecule has 0 spiro atoms. The van der Waals surface area contributed by atoms with Gasteiger partial charge in [0.1, 0.15) is 0 Å². The van der Waals surface area contributed by atoms with Crippen LogP contribution in [0, 0.1) is 3.57 Å². The zero-order valence-corrected chi connectivity index (χ0v) is 15.2. The topological polar surface area (TPSA) is 41.6 Å². The number of ether oxygens (including phenoxy) is 1. The molecule has 1 amide bonds. The summed E-state index contributed by atoms with van der Waals surface area (Å²) >= 11 is 8.21. The van der Waals surface area contributed by atoms with Crippen molar-refractivity contribution in [1.82, 2.24) is 10.2 Å². The fraction of sp³-hybridized carbons (Fsp3) is 0.533. The lowest BCUT2D eigenvalue weighted by atomic mass is 10.0. The summed E-state index contributed by atoms with van der Waals surface area (Å²) in [6.45, 7) is 8.18. The van der Waals surface area contributed by atoms with Gasteiger partial charge in [0.2, 0.25) is 0 Å². The van der Waals surface area contributed by atoms with Crippen LogP contribution in [0.3, 0.4) is 0 Å². The molecule has 0 aliphatic carbocycles. The van der Waals surface area contributed by atoms with E-state index in [4.69, 9.17) is 16.3 Å². The molecule has 2 rings (SSSR count). The first-order valence-electron chi connectivity index (χ1n) is 6.96. The third-order valence-corrected chi connectivity index (χ3v) is 5.30. The standard InChI is InChI=1S/C15H20ClIN2O2/c1-15(2,19-5-7-21-8-6-19)10-18-14(20)11-3-4-13(17)12(16)9-11/h3-4,9H,5-8,10H2,1-2H3,(H,18,20). The molecule has 1 heterocycles. The van der Waals surface area contributed by atoms with Gasteiger partial charge in [0.25, 0.3) is 5.91 Å². The minimum Gasteiger partial charge on any atom is -0.379 e. The minimum absolute atomic E-state index is 0.0883. The van der Waals surface area contributed by atoms with Crippen LogP contribution in [-0.4, -0.2) is 49.2 Å². The molecule has 0 atom stereocenters. The second kappa shape index (κ2) is 7.26. The number of amides is 1. The quantitative estimate of drug-likeness (QED) is 0.759. The molecular weight excluding hydrogens is 403 g/mol. The maximum absolute atomic E-state index is 12.2. The van der Waals surface area contributed by atoms with E-state index in [0.717, 1.165) is 29.9 Å². The van der Waals surface area contributed by atoms with E-state index in [9.17, 15) is 4.79 Å². The number of hydrogen-bond donors (Lipinski definition) is 1. The van der Waals surface area contributed by atoms with Crippen molar-refractivity contribution in [3.05, 3.63) is 32.4 Å². The Morgan fingerprint density at radius 1 is 1.43 bits per heavy atom. The number of benzene rings is 1. The summed E-state index contributed by atoms with van der Waals surface area (Å²) in [6.07, 6.45) is 0. The van der Waals surface area contributed by atoms with E-state index in [1.54, 1.807) is 12.1 Å². The lowest BCUT2D eigenvalue weighted by Gasteiger charge is -2.40. The molecule has 1 aliphatic heterocycles. The number of rotatable bonds is 4. The monoisotopic (exact) mass is 422 g/mol. The lowest BCUT2D eigenvalue weighted by molar-refractivity contribution is -0.00923. The van der Waals surface area contributed by atoms with Gasteiger partial charge < -0.3 is 10.1 Å². The van der Waals surface area contributed by atoms with Crippen molar-refractivity contribution in [2.24, 2.45) is 0 Å². The SMILES string of the molecule is CC(C)(CNC(=O)c1ccc(I)c(Cl)c1)N1CCOCC1. The molecule has 1 N–H and O–H groups in total. The molecular formula is C15H20ClIN2O2. The Balaban J connectivity index is 1.94. The van der Waals surface area contributed by atoms with Gasteiger partial charge in [-0.3, -0.25) is 9.69 Å². The van der Waals surface area contributed by atoms with Crippen molar-refractivity contribution in [2.75, 3.05) is 32.8 Å². The summed E-state index contributed by atoms with van der Waals surface area (Å²) in [6, 6.07) is 5.36. The summed E-state index contributed by atoms with van der Waals surface area (Å²) < 4.78 is 6.31. The van der Waals surface area contributed by atoms with E-state index in [2.05, 4.69) is 46.7 Å². The normalized spacial score (nSPS) is 16.8. The number of carbonyl (C=O) groups is 1. The third kappa shape index (κ3) is 4.55. The molecule has 1 aliphatic rings. The molecule has 1 aromatic rings. The highest BCUT2D eigenvalue weighted by atomic mass is 127. The van der Waals surface area contributed by atoms with Crippen molar-refractivity contribution >= 4 is 40.1 Å². The Bertz CT molecular complexity index is 516. The van der Waals surface area contributed by atoms with Crippen LogP contribution < -0.4 is 5.32 Å². The zero-order chi connectivity index (χ0) is 15.5. The summed E-state index contributed by atoms with van der Waals surface area (Å²) in [5, 5.41) is 3.61. The van der Waals surface area contributed by atoms with Gasteiger partial charge in [-0.1, -0.05) is 11.6 Å². The molecule has 0 bridgehead atoms. The Morgan fingerprint density at radius 3 is 2.71 bits per heavy atom. The molecule has 4 nitrogen and oxygen atoms in total. The largest absolute Gasteiger partial charge is 0.379 e. The van der Waals surface area contributed by atoms with Crippen LogP contribution in [0.1, 0.15) is 24.2 Å². The Morgan fingerprint density at radius 2 is 2.10 bits per heavy atom. The first-order chi connectivity index (χ1) is 9.90. The van der Waals surface area contributed by atoms with Crippen LogP contribution in [0.15, 0.2) is 18.2 Å². The van der Waals surface area contributed by atoms with Crippen LogP contribution in [0.2, 0.25) is 5.02 Å². The van der Waals surface area contributed by atoms with Gasteiger partial charge in [-0.15, -0.1) is 0 Å². The first kappa shape index (κ1) is 17.0. The van der Waals surface area contributed by atoms with Gasteiger partial charge in [0.05, 0.1) is 18.2 Å². The van der Waals surface area contributed by atoms with Gasteiger partial charge >= 0.3 is 0 Å². The van der Waals surface area contributed by atoms with Gasteiger partial charge in [-0.2, -0.15) is 0 Å². The molecule has 21 heavy (non-hydrogen) atoms. The highest BCUT2D eigenvalue weighted by Crippen LogP contribution is 2.20. The second-order valence-electron chi connectivity index (χ2n) is 5.72. The predicted molar refractivity (Wildman–Crippen MR) is 93.0 cm³/mol. The number of morpholine rings is 1. The van der Waals surface area contributed by atoms with Crippen molar-refractivity contribution in [2.45, 2.75) is 19.4 Å². The number of nitrogens with zero attached hydrogens (tertiary/aromatic N) is 1. The summed E-state index contributed by atoms with van der Waals surface area (Å²) in [5.74, 6) is -0.0883. The van der Waals surface area contributed by atoms with Crippen LogP contribution in [0.25, 0.3) is 0 Å². The second-order valence-corrected chi connectivity index (χ2v) is 7.29. The number of hydrogen-bond acceptors (Lipinski definition) is 3. The van der Waals surface area contributed by atoms with Crippen LogP contribution in [-0.2, 0) is 4.74 Å². The van der Waals surface area contributed by atoms with Gasteiger partial charge in [0.15, 0.2) is 0 Å². The highest BCUT2D eigenvalue weighted by molar-refractivity contribution is 14.1. The summed E-state index contributed by atoms with van der Waals surface area (Å²) in [5.41, 5.74) is 0.505. The van der Waals surface area contributed by atoms with Crippen molar-refractivity contribution in [1.29, 1.82) is 0 Å². The maximum atomic E-state index is 12.2. The van der Waals surface area contributed by atoms with Crippen molar-refractivity contribution < 1.29 is 9.53 Å². The lowest BCUT2D eigenvalue weighted by Crippen LogP contribution is -2.55. The zero-order valence-electron chi connectivity index (χ0n) is 12.3. The molecule has 0 aromatic heterocycles. The van der Waals surface area contributed by atoms with E-state index in [0.29, 0.717) is 17.1 Å². The summed E-state index contributed by atoms with van der Waals surface area (Å²) in [7, 11) is 0. The van der Waals surface area contributed by atoms with E-state index in [-0.39, 0.29) is 11.4 Å². The molecule has 1 fully saturated rings. The number of nitrogens with one attached hydrogen (secondary N) is 1. The Labute approximate surface area is 144 Å². The summed E-state index contributed by atoms with van der Waals surface area (Å²) in [4.78, 5) is 14.6. The molecule has 0 unspecified atom stereocenters. The van der Waals surface area contributed by atoms with Crippen LogP contribution in [0.4, 0.5) is 0 Å². The molecule has 0 radical (unpaired) electrons. The number of carbonyl (C=O) groups excluding carboxylic acids is 1.